The maximum absolute atomic E-state index is 12.0. The van der Waals surface area contributed by atoms with Crippen molar-refractivity contribution < 1.29 is 17.9 Å². The van der Waals surface area contributed by atoms with Crippen LogP contribution in [0.4, 0.5) is 0 Å². The molecule has 1 aromatic carbocycles. The van der Waals surface area contributed by atoms with Gasteiger partial charge in [0.05, 0.1) is 18.6 Å². The number of methoxy groups -OCH3 is 1. The van der Waals surface area contributed by atoms with Gasteiger partial charge >= 0.3 is 5.97 Å². The maximum atomic E-state index is 12.0. The SMILES string of the molecule is COC(=O)[C@@H]1CS(=O)(=O)CCN1Cc1ccc(-c2ccccc2)s1. The summed E-state index contributed by atoms with van der Waals surface area (Å²) < 4.78 is 28.5. The second-order valence-corrected chi connectivity index (χ2v) is 9.15. The molecule has 1 saturated heterocycles. The fourth-order valence-electron chi connectivity index (χ4n) is 2.80. The van der Waals surface area contributed by atoms with E-state index < -0.39 is 21.8 Å². The Morgan fingerprint density at radius 3 is 2.71 bits per heavy atom. The van der Waals surface area contributed by atoms with Gasteiger partial charge < -0.3 is 4.74 Å². The van der Waals surface area contributed by atoms with E-state index in [2.05, 4.69) is 18.2 Å². The topological polar surface area (TPSA) is 63.7 Å². The molecule has 3 rings (SSSR count). The first-order valence-electron chi connectivity index (χ1n) is 7.65. The average molecular weight is 365 g/mol. The molecule has 1 fully saturated rings. The first-order valence-corrected chi connectivity index (χ1v) is 10.3. The number of rotatable bonds is 4. The third-order valence-corrected chi connectivity index (χ3v) is 6.84. The molecule has 0 aliphatic carbocycles. The molecule has 0 bridgehead atoms. The van der Waals surface area contributed by atoms with Gasteiger partial charge in [-0.25, -0.2) is 8.42 Å². The molecule has 1 aliphatic heterocycles. The summed E-state index contributed by atoms with van der Waals surface area (Å²) in [6.07, 6.45) is 0. The van der Waals surface area contributed by atoms with E-state index in [1.807, 2.05) is 29.2 Å². The number of carbonyl (C=O) groups is 1. The second-order valence-electron chi connectivity index (χ2n) is 5.76. The van der Waals surface area contributed by atoms with E-state index in [0.29, 0.717) is 13.1 Å². The van der Waals surface area contributed by atoms with Crippen molar-refractivity contribution in [2.24, 2.45) is 0 Å². The second kappa shape index (κ2) is 7.04. The Bertz CT molecular complexity index is 814. The van der Waals surface area contributed by atoms with Gasteiger partial charge in [0.1, 0.15) is 6.04 Å². The first-order chi connectivity index (χ1) is 11.5. The normalized spacial score (nSPS) is 20.6. The standard InChI is InChI=1S/C17H19NO4S2/c1-22-17(19)15-12-24(20,21)10-9-18(15)11-14-7-8-16(23-14)13-5-3-2-4-6-13/h2-8,15H,9-12H2,1H3/t15-/m0/s1. The Balaban J connectivity index is 1.77. The molecule has 2 aromatic rings. The number of sulfone groups is 1. The summed E-state index contributed by atoms with van der Waals surface area (Å²) in [5, 5.41) is 0. The number of esters is 1. The maximum Gasteiger partial charge on any atom is 0.324 e. The number of benzene rings is 1. The van der Waals surface area contributed by atoms with E-state index in [4.69, 9.17) is 4.74 Å². The van der Waals surface area contributed by atoms with Crippen molar-refractivity contribution in [3.63, 3.8) is 0 Å². The molecule has 128 valence electrons. The highest BCUT2D eigenvalue weighted by atomic mass is 32.2. The summed E-state index contributed by atoms with van der Waals surface area (Å²) in [7, 11) is -1.90. The summed E-state index contributed by atoms with van der Waals surface area (Å²) >= 11 is 1.66. The molecule has 2 heterocycles. The Kier molecular flexibility index (Phi) is 5.03. The van der Waals surface area contributed by atoms with Crippen LogP contribution in [0.2, 0.25) is 0 Å². The highest BCUT2D eigenvalue weighted by molar-refractivity contribution is 7.91. The molecule has 0 amide bonds. The molecule has 24 heavy (non-hydrogen) atoms. The minimum absolute atomic E-state index is 0.0808. The predicted molar refractivity (Wildman–Crippen MR) is 94.6 cm³/mol. The van der Waals surface area contributed by atoms with Crippen LogP contribution >= 0.6 is 11.3 Å². The first kappa shape index (κ1) is 17.1. The van der Waals surface area contributed by atoms with E-state index in [0.717, 1.165) is 15.3 Å². The lowest BCUT2D eigenvalue weighted by Gasteiger charge is -2.33. The van der Waals surface area contributed by atoms with E-state index >= 15 is 0 Å². The van der Waals surface area contributed by atoms with Crippen molar-refractivity contribution >= 4 is 27.1 Å². The summed E-state index contributed by atoms with van der Waals surface area (Å²) in [6, 6.07) is 13.5. The Morgan fingerprint density at radius 2 is 2.00 bits per heavy atom. The molecule has 5 nitrogen and oxygen atoms in total. The van der Waals surface area contributed by atoms with Gasteiger partial charge in [0, 0.05) is 22.8 Å². The molecule has 1 aromatic heterocycles. The van der Waals surface area contributed by atoms with Crippen molar-refractivity contribution in [3.05, 3.63) is 47.3 Å². The summed E-state index contributed by atoms with van der Waals surface area (Å²) in [4.78, 5) is 16.1. The van der Waals surface area contributed by atoms with Gasteiger partial charge in [0.2, 0.25) is 0 Å². The van der Waals surface area contributed by atoms with Crippen LogP contribution in [0.25, 0.3) is 10.4 Å². The van der Waals surface area contributed by atoms with Crippen molar-refractivity contribution in [1.82, 2.24) is 4.90 Å². The van der Waals surface area contributed by atoms with Crippen LogP contribution in [0.5, 0.6) is 0 Å². The van der Waals surface area contributed by atoms with Crippen molar-refractivity contribution in [2.45, 2.75) is 12.6 Å². The fourth-order valence-corrected chi connectivity index (χ4v) is 5.35. The third kappa shape index (κ3) is 3.85. The Hall–Kier alpha value is -1.70. The lowest BCUT2D eigenvalue weighted by Crippen LogP contribution is -2.52. The largest absolute Gasteiger partial charge is 0.468 e. The molecular formula is C17H19NO4S2. The fraction of sp³-hybridized carbons (Fsp3) is 0.353. The summed E-state index contributed by atoms with van der Waals surface area (Å²) in [5.41, 5.74) is 1.15. The lowest BCUT2D eigenvalue weighted by atomic mass is 10.2. The Labute approximate surface area is 145 Å². The van der Waals surface area contributed by atoms with Gasteiger partial charge in [0.15, 0.2) is 9.84 Å². The number of thiophene rings is 1. The third-order valence-electron chi connectivity index (χ3n) is 4.09. The monoisotopic (exact) mass is 365 g/mol. The smallest absolute Gasteiger partial charge is 0.324 e. The number of carbonyl (C=O) groups excluding carboxylic acids is 1. The van der Waals surface area contributed by atoms with Crippen LogP contribution in [0.15, 0.2) is 42.5 Å². The van der Waals surface area contributed by atoms with Crippen LogP contribution in [0.1, 0.15) is 4.88 Å². The Morgan fingerprint density at radius 1 is 1.25 bits per heavy atom. The average Bonchev–Trinajstić information content (AvgIpc) is 3.05. The van der Waals surface area contributed by atoms with E-state index in [1.165, 1.54) is 7.11 Å². The minimum Gasteiger partial charge on any atom is -0.468 e. The molecule has 1 aliphatic rings. The lowest BCUT2D eigenvalue weighted by molar-refractivity contribution is -0.146. The number of ether oxygens (including phenoxy) is 1. The summed E-state index contributed by atoms with van der Waals surface area (Å²) in [5.74, 6) is -0.577. The van der Waals surface area contributed by atoms with Crippen molar-refractivity contribution in [1.29, 1.82) is 0 Å². The zero-order chi connectivity index (χ0) is 17.2. The molecule has 0 unspecified atom stereocenters. The van der Waals surface area contributed by atoms with Gasteiger partial charge in [0.25, 0.3) is 0 Å². The van der Waals surface area contributed by atoms with E-state index in [1.54, 1.807) is 11.3 Å². The van der Waals surface area contributed by atoms with E-state index in [9.17, 15) is 13.2 Å². The zero-order valence-corrected chi connectivity index (χ0v) is 15.0. The molecule has 0 N–H and O–H groups in total. The van der Waals surface area contributed by atoms with Gasteiger partial charge in [-0.15, -0.1) is 11.3 Å². The quantitative estimate of drug-likeness (QED) is 0.777. The van der Waals surface area contributed by atoms with Crippen LogP contribution in [0.3, 0.4) is 0 Å². The number of hydrogen-bond acceptors (Lipinski definition) is 6. The van der Waals surface area contributed by atoms with Gasteiger partial charge in [-0.3, -0.25) is 9.69 Å². The van der Waals surface area contributed by atoms with Crippen LogP contribution in [0, 0.1) is 0 Å². The van der Waals surface area contributed by atoms with Crippen molar-refractivity contribution in [3.8, 4) is 10.4 Å². The molecule has 0 saturated carbocycles. The van der Waals surface area contributed by atoms with Gasteiger partial charge in [-0.2, -0.15) is 0 Å². The molecular weight excluding hydrogens is 346 g/mol. The highest BCUT2D eigenvalue weighted by Crippen LogP contribution is 2.29. The number of nitrogens with zero attached hydrogens (tertiary/aromatic N) is 1. The van der Waals surface area contributed by atoms with E-state index in [-0.39, 0.29) is 11.5 Å². The molecule has 1 atom stereocenters. The van der Waals surface area contributed by atoms with Gasteiger partial charge in [-0.05, 0) is 17.7 Å². The van der Waals surface area contributed by atoms with Crippen molar-refractivity contribution in [2.75, 3.05) is 25.2 Å². The highest BCUT2D eigenvalue weighted by Gasteiger charge is 2.36. The van der Waals surface area contributed by atoms with Gasteiger partial charge in [-0.1, -0.05) is 30.3 Å². The molecule has 7 heteroatoms. The number of hydrogen-bond donors (Lipinski definition) is 0. The summed E-state index contributed by atoms with van der Waals surface area (Å²) in [6.45, 7) is 0.896. The molecule has 0 radical (unpaired) electrons. The van der Waals surface area contributed by atoms with Crippen LogP contribution < -0.4 is 0 Å². The minimum atomic E-state index is -3.19. The van der Waals surface area contributed by atoms with Crippen LogP contribution in [-0.4, -0.2) is 50.5 Å². The van der Waals surface area contributed by atoms with Crippen LogP contribution in [-0.2, 0) is 25.9 Å². The zero-order valence-electron chi connectivity index (χ0n) is 13.3. The molecule has 0 spiro atoms. The predicted octanol–water partition coefficient (Wildman–Crippen LogP) is 2.19.